The number of aliphatic hydroxyl groups excluding tert-OH is 1. The van der Waals surface area contributed by atoms with E-state index >= 15 is 0 Å². The maximum atomic E-state index is 9.20. The van der Waals surface area contributed by atoms with Gasteiger partial charge in [0.25, 0.3) is 0 Å². The SMILES string of the molecule is Cc1nc(N2CCC(C(C)C)CC2)sc1CO. The van der Waals surface area contributed by atoms with Crippen LogP contribution in [0.4, 0.5) is 5.13 Å². The van der Waals surface area contributed by atoms with Gasteiger partial charge in [0.05, 0.1) is 17.2 Å². The molecule has 0 amide bonds. The molecule has 4 heteroatoms. The van der Waals surface area contributed by atoms with Gasteiger partial charge in [-0.3, -0.25) is 0 Å². The van der Waals surface area contributed by atoms with Crippen molar-refractivity contribution >= 4 is 16.5 Å². The average Bonchev–Trinajstić information content (AvgIpc) is 2.70. The van der Waals surface area contributed by atoms with Crippen molar-refractivity contribution in [3.05, 3.63) is 10.6 Å². The molecule has 2 heterocycles. The topological polar surface area (TPSA) is 36.4 Å². The summed E-state index contributed by atoms with van der Waals surface area (Å²) >= 11 is 1.64. The first kappa shape index (κ1) is 12.8. The number of anilines is 1. The highest BCUT2D eigenvalue weighted by molar-refractivity contribution is 7.15. The van der Waals surface area contributed by atoms with Gasteiger partial charge in [-0.25, -0.2) is 4.98 Å². The van der Waals surface area contributed by atoms with Gasteiger partial charge < -0.3 is 10.0 Å². The number of hydrogen-bond donors (Lipinski definition) is 1. The van der Waals surface area contributed by atoms with Crippen LogP contribution < -0.4 is 4.90 Å². The van der Waals surface area contributed by atoms with Gasteiger partial charge in [0, 0.05) is 13.1 Å². The van der Waals surface area contributed by atoms with E-state index in [1.807, 2.05) is 6.92 Å². The van der Waals surface area contributed by atoms with Crippen LogP contribution in [0.5, 0.6) is 0 Å². The van der Waals surface area contributed by atoms with Crippen LogP contribution >= 0.6 is 11.3 Å². The number of aromatic nitrogens is 1. The molecule has 1 aromatic rings. The molecule has 0 spiro atoms. The highest BCUT2D eigenvalue weighted by Crippen LogP contribution is 2.31. The largest absolute Gasteiger partial charge is 0.391 e. The van der Waals surface area contributed by atoms with Gasteiger partial charge in [0.2, 0.25) is 0 Å². The molecule has 0 unspecified atom stereocenters. The molecule has 3 nitrogen and oxygen atoms in total. The van der Waals surface area contributed by atoms with E-state index in [9.17, 15) is 5.11 Å². The molecule has 0 saturated carbocycles. The number of hydrogen-bond acceptors (Lipinski definition) is 4. The maximum absolute atomic E-state index is 9.20. The smallest absolute Gasteiger partial charge is 0.185 e. The summed E-state index contributed by atoms with van der Waals surface area (Å²) in [7, 11) is 0. The molecule has 96 valence electrons. The van der Waals surface area contributed by atoms with Crippen molar-refractivity contribution in [2.75, 3.05) is 18.0 Å². The highest BCUT2D eigenvalue weighted by Gasteiger charge is 2.23. The number of aliphatic hydroxyl groups is 1. The minimum Gasteiger partial charge on any atom is -0.391 e. The molecule has 1 aliphatic rings. The molecule has 17 heavy (non-hydrogen) atoms. The van der Waals surface area contributed by atoms with Crippen molar-refractivity contribution in [1.82, 2.24) is 4.98 Å². The Labute approximate surface area is 107 Å². The van der Waals surface area contributed by atoms with Gasteiger partial charge in [-0.15, -0.1) is 0 Å². The lowest BCUT2D eigenvalue weighted by Crippen LogP contribution is -2.35. The third-order valence-electron chi connectivity index (χ3n) is 3.78. The molecule has 1 saturated heterocycles. The summed E-state index contributed by atoms with van der Waals surface area (Å²) in [4.78, 5) is 7.94. The molecule has 0 atom stereocenters. The summed E-state index contributed by atoms with van der Waals surface area (Å²) in [5, 5.41) is 10.3. The third-order valence-corrected chi connectivity index (χ3v) is 4.98. The molecule has 0 aromatic carbocycles. The Morgan fingerprint density at radius 3 is 2.53 bits per heavy atom. The molecule has 1 aliphatic heterocycles. The van der Waals surface area contributed by atoms with Crippen molar-refractivity contribution in [3.8, 4) is 0 Å². The molecule has 1 N–H and O–H groups in total. The minimum atomic E-state index is 0.117. The Morgan fingerprint density at radius 1 is 1.41 bits per heavy atom. The van der Waals surface area contributed by atoms with Crippen LogP contribution in [0.3, 0.4) is 0 Å². The number of piperidine rings is 1. The van der Waals surface area contributed by atoms with Crippen LogP contribution in [0, 0.1) is 18.8 Å². The summed E-state index contributed by atoms with van der Waals surface area (Å²) in [5.74, 6) is 1.66. The first-order chi connectivity index (χ1) is 8.11. The number of thiazole rings is 1. The second-order valence-corrected chi connectivity index (χ2v) is 6.29. The van der Waals surface area contributed by atoms with Gasteiger partial charge in [-0.2, -0.15) is 0 Å². The lowest BCUT2D eigenvalue weighted by molar-refractivity contribution is 0.284. The van der Waals surface area contributed by atoms with E-state index in [0.29, 0.717) is 0 Å². The highest BCUT2D eigenvalue weighted by atomic mass is 32.1. The lowest BCUT2D eigenvalue weighted by atomic mass is 9.87. The first-order valence-corrected chi connectivity index (χ1v) is 7.25. The van der Waals surface area contributed by atoms with Crippen LogP contribution in [-0.2, 0) is 6.61 Å². The number of rotatable bonds is 3. The van der Waals surface area contributed by atoms with Crippen LogP contribution in [0.15, 0.2) is 0 Å². The van der Waals surface area contributed by atoms with Gasteiger partial charge in [0.1, 0.15) is 0 Å². The molecule has 1 aromatic heterocycles. The van der Waals surface area contributed by atoms with Crippen LogP contribution in [-0.4, -0.2) is 23.2 Å². The fourth-order valence-electron chi connectivity index (χ4n) is 2.45. The predicted octanol–water partition coefficient (Wildman–Crippen LogP) is 2.82. The lowest BCUT2D eigenvalue weighted by Gasteiger charge is -2.33. The van der Waals surface area contributed by atoms with E-state index in [2.05, 4.69) is 23.7 Å². The Morgan fingerprint density at radius 2 is 2.06 bits per heavy atom. The number of aryl methyl sites for hydroxylation is 1. The van der Waals surface area contributed by atoms with E-state index in [-0.39, 0.29) is 6.61 Å². The van der Waals surface area contributed by atoms with Crippen LogP contribution in [0.1, 0.15) is 37.3 Å². The third kappa shape index (κ3) is 2.80. The quantitative estimate of drug-likeness (QED) is 0.901. The molecule has 0 bridgehead atoms. The summed E-state index contributed by atoms with van der Waals surface area (Å²) in [5.41, 5.74) is 0.985. The van der Waals surface area contributed by atoms with E-state index in [4.69, 9.17) is 0 Å². The van der Waals surface area contributed by atoms with Crippen molar-refractivity contribution in [2.24, 2.45) is 11.8 Å². The van der Waals surface area contributed by atoms with E-state index in [1.54, 1.807) is 11.3 Å². The van der Waals surface area contributed by atoms with Crippen LogP contribution in [0.25, 0.3) is 0 Å². The summed E-state index contributed by atoms with van der Waals surface area (Å²) in [6.45, 7) is 8.95. The fourth-order valence-corrected chi connectivity index (χ4v) is 3.42. The van der Waals surface area contributed by atoms with E-state index in [0.717, 1.165) is 40.6 Å². The van der Waals surface area contributed by atoms with Crippen molar-refractivity contribution in [1.29, 1.82) is 0 Å². The Balaban J connectivity index is 2.00. The Hall–Kier alpha value is -0.610. The fraction of sp³-hybridized carbons (Fsp3) is 0.769. The van der Waals surface area contributed by atoms with Crippen molar-refractivity contribution in [2.45, 2.75) is 40.2 Å². The van der Waals surface area contributed by atoms with E-state index in [1.165, 1.54) is 12.8 Å². The van der Waals surface area contributed by atoms with Crippen LogP contribution in [0.2, 0.25) is 0 Å². The molecule has 0 radical (unpaired) electrons. The second-order valence-electron chi connectivity index (χ2n) is 5.23. The van der Waals surface area contributed by atoms with Crippen molar-refractivity contribution in [3.63, 3.8) is 0 Å². The second kappa shape index (κ2) is 5.36. The monoisotopic (exact) mass is 254 g/mol. The Kier molecular flexibility index (Phi) is 4.05. The van der Waals surface area contributed by atoms with E-state index < -0.39 is 0 Å². The molecule has 0 aliphatic carbocycles. The zero-order valence-corrected chi connectivity index (χ0v) is 11.8. The normalized spacial score (nSPS) is 18.1. The van der Waals surface area contributed by atoms with Gasteiger partial charge in [-0.05, 0) is 31.6 Å². The summed E-state index contributed by atoms with van der Waals surface area (Å²) in [6, 6.07) is 0. The summed E-state index contributed by atoms with van der Waals surface area (Å²) in [6.07, 6.45) is 2.54. The average molecular weight is 254 g/mol. The summed E-state index contributed by atoms with van der Waals surface area (Å²) < 4.78 is 0. The minimum absolute atomic E-state index is 0.117. The standard InChI is InChI=1S/C13H22N2OS/c1-9(2)11-4-6-15(7-5-11)13-14-10(3)12(8-16)17-13/h9,11,16H,4-8H2,1-3H3. The van der Waals surface area contributed by atoms with Gasteiger partial charge in [0.15, 0.2) is 5.13 Å². The zero-order valence-electron chi connectivity index (χ0n) is 10.9. The van der Waals surface area contributed by atoms with Crippen molar-refractivity contribution < 1.29 is 5.11 Å². The predicted molar refractivity (Wildman–Crippen MR) is 72.5 cm³/mol. The zero-order chi connectivity index (χ0) is 12.4. The first-order valence-electron chi connectivity index (χ1n) is 6.44. The Bertz CT molecular complexity index is 367. The van der Waals surface area contributed by atoms with Gasteiger partial charge >= 0.3 is 0 Å². The maximum Gasteiger partial charge on any atom is 0.185 e. The molecular weight excluding hydrogens is 232 g/mol. The molecule has 1 fully saturated rings. The number of nitrogens with zero attached hydrogens (tertiary/aromatic N) is 2. The molecule has 2 rings (SSSR count). The molecular formula is C13H22N2OS. The van der Waals surface area contributed by atoms with Gasteiger partial charge in [-0.1, -0.05) is 25.2 Å².